The Morgan fingerprint density at radius 3 is 2.71 bits per heavy atom. The first-order chi connectivity index (χ1) is 11.6. The summed E-state index contributed by atoms with van der Waals surface area (Å²) in [5.74, 6) is 0.620. The number of piperidine rings is 1. The summed E-state index contributed by atoms with van der Waals surface area (Å²) in [4.78, 5) is 18.4. The maximum atomic E-state index is 12.2. The molecule has 1 aromatic carbocycles. The Morgan fingerprint density at radius 2 is 2.04 bits per heavy atom. The molecule has 1 aromatic heterocycles. The van der Waals surface area contributed by atoms with Crippen LogP contribution in [-0.2, 0) is 11.3 Å². The van der Waals surface area contributed by atoms with E-state index in [0.717, 1.165) is 32.5 Å². The molecule has 0 unspecified atom stereocenters. The van der Waals surface area contributed by atoms with Crippen molar-refractivity contribution in [3.8, 4) is 0 Å². The Balaban J connectivity index is 1.43. The van der Waals surface area contributed by atoms with Crippen molar-refractivity contribution in [3.05, 3.63) is 47.0 Å². The Kier molecular flexibility index (Phi) is 5.76. The number of rotatable bonds is 5. The first kappa shape index (κ1) is 17.3. The lowest BCUT2D eigenvalue weighted by Gasteiger charge is -2.31. The summed E-state index contributed by atoms with van der Waals surface area (Å²) in [5.41, 5.74) is 0.671. The highest BCUT2D eigenvalue weighted by Gasteiger charge is 2.21. The standard InChI is InChI=1S/C17H20Cl2N4O/c18-15-2-1-14(9-16(15)19)21-17(24)11-22-6-3-13(4-7-22)10-23-8-5-20-12-23/h1-2,5,8-9,12-13H,3-4,6-7,10-11H2,(H,21,24). The molecule has 1 amide bonds. The largest absolute Gasteiger partial charge is 0.337 e. The summed E-state index contributed by atoms with van der Waals surface area (Å²) in [6.45, 7) is 3.28. The van der Waals surface area contributed by atoms with Crippen LogP contribution >= 0.6 is 23.2 Å². The number of nitrogens with one attached hydrogen (secondary N) is 1. The molecule has 2 aromatic rings. The van der Waals surface area contributed by atoms with Gasteiger partial charge in [-0.15, -0.1) is 0 Å². The Bertz CT molecular complexity index is 682. The summed E-state index contributed by atoms with van der Waals surface area (Å²) < 4.78 is 2.12. The molecule has 1 aliphatic heterocycles. The van der Waals surface area contributed by atoms with Gasteiger partial charge in [0, 0.05) is 24.6 Å². The van der Waals surface area contributed by atoms with Crippen molar-refractivity contribution in [3.63, 3.8) is 0 Å². The van der Waals surface area contributed by atoms with Gasteiger partial charge in [-0.05, 0) is 50.0 Å². The normalized spacial score (nSPS) is 16.2. The van der Waals surface area contributed by atoms with Crippen molar-refractivity contribution < 1.29 is 4.79 Å². The van der Waals surface area contributed by atoms with Crippen LogP contribution in [0.2, 0.25) is 10.0 Å². The number of hydrogen-bond donors (Lipinski definition) is 1. The molecular weight excluding hydrogens is 347 g/mol. The smallest absolute Gasteiger partial charge is 0.238 e. The average molecular weight is 367 g/mol. The van der Waals surface area contributed by atoms with E-state index in [4.69, 9.17) is 23.2 Å². The lowest BCUT2D eigenvalue weighted by molar-refractivity contribution is -0.117. The minimum Gasteiger partial charge on any atom is -0.337 e. The molecule has 3 rings (SSSR count). The topological polar surface area (TPSA) is 50.2 Å². The third kappa shape index (κ3) is 4.72. The van der Waals surface area contributed by atoms with Gasteiger partial charge in [0.15, 0.2) is 0 Å². The molecule has 0 aliphatic carbocycles. The van der Waals surface area contributed by atoms with E-state index in [2.05, 4.69) is 19.8 Å². The third-order valence-electron chi connectivity index (χ3n) is 4.31. The maximum Gasteiger partial charge on any atom is 0.238 e. The van der Waals surface area contributed by atoms with Crippen molar-refractivity contribution in [1.29, 1.82) is 0 Å². The number of imidazole rings is 1. The molecule has 2 heterocycles. The van der Waals surface area contributed by atoms with Gasteiger partial charge >= 0.3 is 0 Å². The SMILES string of the molecule is O=C(CN1CCC(Cn2ccnc2)CC1)Nc1ccc(Cl)c(Cl)c1. The van der Waals surface area contributed by atoms with Gasteiger partial charge in [-0.2, -0.15) is 0 Å². The van der Waals surface area contributed by atoms with Crippen LogP contribution in [-0.4, -0.2) is 40.0 Å². The molecule has 1 aliphatic rings. The van der Waals surface area contributed by atoms with E-state index in [-0.39, 0.29) is 5.91 Å². The molecule has 1 saturated heterocycles. The van der Waals surface area contributed by atoms with Gasteiger partial charge < -0.3 is 9.88 Å². The molecular formula is C17H20Cl2N4O. The lowest BCUT2D eigenvalue weighted by atomic mass is 9.97. The van der Waals surface area contributed by atoms with Crippen molar-refractivity contribution >= 4 is 34.8 Å². The number of aromatic nitrogens is 2. The van der Waals surface area contributed by atoms with Crippen LogP contribution in [0.25, 0.3) is 0 Å². The molecule has 0 radical (unpaired) electrons. The predicted molar refractivity (Wildman–Crippen MR) is 96.5 cm³/mol. The van der Waals surface area contributed by atoms with E-state index in [0.29, 0.717) is 28.2 Å². The van der Waals surface area contributed by atoms with Crippen LogP contribution < -0.4 is 5.32 Å². The maximum absolute atomic E-state index is 12.2. The van der Waals surface area contributed by atoms with Crippen molar-refractivity contribution in [1.82, 2.24) is 14.5 Å². The summed E-state index contributed by atoms with van der Waals surface area (Å²) in [6, 6.07) is 5.10. The summed E-state index contributed by atoms with van der Waals surface area (Å²) >= 11 is 11.8. The molecule has 0 saturated carbocycles. The van der Waals surface area contributed by atoms with Crippen molar-refractivity contribution in [2.24, 2.45) is 5.92 Å². The number of hydrogen-bond acceptors (Lipinski definition) is 3. The number of benzene rings is 1. The molecule has 0 bridgehead atoms. The van der Waals surface area contributed by atoms with Crippen LogP contribution in [0.3, 0.4) is 0 Å². The number of anilines is 1. The second kappa shape index (κ2) is 8.01. The Morgan fingerprint density at radius 1 is 1.25 bits per heavy atom. The highest BCUT2D eigenvalue weighted by molar-refractivity contribution is 6.42. The van der Waals surface area contributed by atoms with Crippen LogP contribution in [0.1, 0.15) is 12.8 Å². The van der Waals surface area contributed by atoms with Gasteiger partial charge in [0.25, 0.3) is 0 Å². The number of halogens is 2. The molecule has 1 fully saturated rings. The number of carbonyl (C=O) groups is 1. The van der Waals surface area contributed by atoms with Crippen molar-refractivity contribution in [2.75, 3.05) is 25.0 Å². The van der Waals surface area contributed by atoms with E-state index >= 15 is 0 Å². The lowest BCUT2D eigenvalue weighted by Crippen LogP contribution is -2.39. The zero-order valence-electron chi connectivity index (χ0n) is 13.3. The highest BCUT2D eigenvalue weighted by Crippen LogP contribution is 2.25. The van der Waals surface area contributed by atoms with Gasteiger partial charge in [-0.1, -0.05) is 23.2 Å². The first-order valence-electron chi connectivity index (χ1n) is 8.03. The second-order valence-electron chi connectivity index (χ2n) is 6.16. The van der Waals surface area contributed by atoms with Crippen LogP contribution in [0.5, 0.6) is 0 Å². The quantitative estimate of drug-likeness (QED) is 0.880. The molecule has 0 atom stereocenters. The van der Waals surface area contributed by atoms with Crippen LogP contribution in [0, 0.1) is 5.92 Å². The highest BCUT2D eigenvalue weighted by atomic mass is 35.5. The minimum atomic E-state index is -0.0264. The van der Waals surface area contributed by atoms with Gasteiger partial charge in [0.1, 0.15) is 0 Å². The number of nitrogens with zero attached hydrogens (tertiary/aromatic N) is 3. The van der Waals surface area contributed by atoms with E-state index in [1.807, 2.05) is 18.7 Å². The van der Waals surface area contributed by atoms with E-state index < -0.39 is 0 Å². The number of carbonyl (C=O) groups excluding carboxylic acids is 1. The Hall–Kier alpha value is -1.56. The number of amides is 1. The summed E-state index contributed by atoms with van der Waals surface area (Å²) in [7, 11) is 0. The van der Waals surface area contributed by atoms with E-state index in [1.165, 1.54) is 0 Å². The first-order valence-corrected chi connectivity index (χ1v) is 8.79. The van der Waals surface area contributed by atoms with Crippen LogP contribution in [0.15, 0.2) is 36.9 Å². The molecule has 0 spiro atoms. The Labute approximate surface area is 151 Å². The third-order valence-corrected chi connectivity index (χ3v) is 5.04. The number of likely N-dealkylation sites (tertiary alicyclic amines) is 1. The van der Waals surface area contributed by atoms with Gasteiger partial charge in [-0.3, -0.25) is 9.69 Å². The predicted octanol–water partition coefficient (Wildman–Crippen LogP) is 3.54. The fraction of sp³-hybridized carbons (Fsp3) is 0.412. The van der Waals surface area contributed by atoms with Crippen molar-refractivity contribution in [2.45, 2.75) is 19.4 Å². The van der Waals surface area contributed by atoms with Gasteiger partial charge in [0.2, 0.25) is 5.91 Å². The fourth-order valence-corrected chi connectivity index (χ4v) is 3.30. The monoisotopic (exact) mass is 366 g/mol. The average Bonchev–Trinajstić information content (AvgIpc) is 3.06. The zero-order chi connectivity index (χ0) is 16.9. The van der Waals surface area contributed by atoms with Crippen LogP contribution in [0.4, 0.5) is 5.69 Å². The second-order valence-corrected chi connectivity index (χ2v) is 6.97. The van der Waals surface area contributed by atoms with Gasteiger partial charge in [0.05, 0.1) is 22.9 Å². The minimum absolute atomic E-state index is 0.0264. The summed E-state index contributed by atoms with van der Waals surface area (Å²) in [5, 5.41) is 3.79. The van der Waals surface area contributed by atoms with E-state index in [9.17, 15) is 4.79 Å². The van der Waals surface area contributed by atoms with E-state index in [1.54, 1.807) is 18.2 Å². The fourth-order valence-electron chi connectivity index (χ4n) is 3.00. The van der Waals surface area contributed by atoms with Gasteiger partial charge in [-0.25, -0.2) is 4.98 Å². The molecule has 128 valence electrons. The molecule has 7 heteroatoms. The molecule has 1 N–H and O–H groups in total. The molecule has 24 heavy (non-hydrogen) atoms. The molecule has 5 nitrogen and oxygen atoms in total. The summed E-state index contributed by atoms with van der Waals surface area (Å²) in [6.07, 6.45) is 7.85. The zero-order valence-corrected chi connectivity index (χ0v) is 14.8.